The van der Waals surface area contributed by atoms with E-state index in [1.165, 1.54) is 0 Å². The maximum Gasteiger partial charge on any atom is 0.0715 e. The molecule has 0 aliphatic rings. The topological polar surface area (TPSA) is 67.5 Å². The molecule has 1 unspecified atom stereocenters. The number of nitrogens with two attached hydrogens (primary N) is 1. The van der Waals surface area contributed by atoms with Gasteiger partial charge < -0.3 is 20.9 Å². The van der Waals surface area contributed by atoms with Gasteiger partial charge in [0.25, 0.3) is 0 Å². The summed E-state index contributed by atoms with van der Waals surface area (Å²) in [5.41, 5.74) is 4.77. The lowest BCUT2D eigenvalue weighted by atomic mass is 10.1. The Hall–Kier alpha value is -0.160. The first kappa shape index (κ1) is 13.8. The van der Waals surface area contributed by atoms with Crippen molar-refractivity contribution in [3.05, 3.63) is 0 Å². The third kappa shape index (κ3) is 8.44. The summed E-state index contributed by atoms with van der Waals surface area (Å²) in [5, 5.41) is 12.8. The van der Waals surface area contributed by atoms with Crippen molar-refractivity contribution in [2.24, 2.45) is 5.73 Å². The van der Waals surface area contributed by atoms with Crippen molar-refractivity contribution < 1.29 is 9.84 Å². The number of rotatable bonds is 8. The first-order chi connectivity index (χ1) is 6.49. The van der Waals surface area contributed by atoms with Gasteiger partial charge in [-0.3, -0.25) is 0 Å². The zero-order chi connectivity index (χ0) is 11.0. The van der Waals surface area contributed by atoms with E-state index < -0.39 is 5.60 Å². The third-order valence-corrected chi connectivity index (χ3v) is 1.95. The Morgan fingerprint density at radius 1 is 1.50 bits per heavy atom. The van der Waals surface area contributed by atoms with Crippen molar-refractivity contribution in [2.45, 2.75) is 38.3 Å². The van der Waals surface area contributed by atoms with Crippen molar-refractivity contribution in [1.82, 2.24) is 5.32 Å². The molecule has 0 bridgehead atoms. The molecule has 0 aromatic rings. The van der Waals surface area contributed by atoms with Gasteiger partial charge in [-0.2, -0.15) is 0 Å². The number of hydrogen-bond acceptors (Lipinski definition) is 4. The van der Waals surface area contributed by atoms with Crippen molar-refractivity contribution in [3.8, 4) is 0 Å². The first-order valence-electron chi connectivity index (χ1n) is 5.14. The van der Waals surface area contributed by atoms with Gasteiger partial charge in [0.05, 0.1) is 12.2 Å². The fraction of sp³-hybridized carbons (Fsp3) is 1.00. The molecule has 0 heterocycles. The molecule has 4 nitrogen and oxygen atoms in total. The van der Waals surface area contributed by atoms with Crippen LogP contribution in [0.2, 0.25) is 0 Å². The Balaban J connectivity index is 3.72. The van der Waals surface area contributed by atoms with E-state index in [1.807, 2.05) is 0 Å². The molecule has 0 amide bonds. The number of hydrogen-bond donors (Lipinski definition) is 3. The second-order valence-electron chi connectivity index (χ2n) is 4.28. The standard InChI is InChI=1S/C10H24N2O2/c1-10(2,13)8-12-9(7-14-3)5-4-6-11/h9,12-13H,4-8,11H2,1-3H3. The smallest absolute Gasteiger partial charge is 0.0715 e. The Bertz CT molecular complexity index is 135. The van der Waals surface area contributed by atoms with Gasteiger partial charge in [-0.15, -0.1) is 0 Å². The predicted octanol–water partition coefficient (Wildman–Crippen LogP) is 0.101. The molecule has 0 aliphatic heterocycles. The molecule has 0 saturated carbocycles. The number of aliphatic hydroxyl groups is 1. The maximum absolute atomic E-state index is 9.53. The average molecular weight is 204 g/mol. The molecule has 86 valence electrons. The molecule has 4 heteroatoms. The largest absolute Gasteiger partial charge is 0.389 e. The normalized spacial score (nSPS) is 14.4. The van der Waals surface area contributed by atoms with Gasteiger partial charge in [0.2, 0.25) is 0 Å². The lowest BCUT2D eigenvalue weighted by Gasteiger charge is -2.23. The zero-order valence-corrected chi connectivity index (χ0v) is 9.55. The minimum atomic E-state index is -0.672. The van der Waals surface area contributed by atoms with Crippen LogP contribution in [0.3, 0.4) is 0 Å². The van der Waals surface area contributed by atoms with E-state index in [2.05, 4.69) is 5.32 Å². The van der Waals surface area contributed by atoms with Gasteiger partial charge in [-0.05, 0) is 33.2 Å². The molecule has 14 heavy (non-hydrogen) atoms. The second kappa shape index (κ2) is 7.17. The Labute approximate surface area is 86.8 Å². The van der Waals surface area contributed by atoms with Crippen LogP contribution < -0.4 is 11.1 Å². The van der Waals surface area contributed by atoms with Crippen LogP contribution in [0.15, 0.2) is 0 Å². The minimum absolute atomic E-state index is 0.287. The molecular formula is C10H24N2O2. The third-order valence-electron chi connectivity index (χ3n) is 1.95. The molecule has 0 spiro atoms. The summed E-state index contributed by atoms with van der Waals surface area (Å²) in [4.78, 5) is 0. The van der Waals surface area contributed by atoms with Gasteiger partial charge in [0.1, 0.15) is 0 Å². The summed E-state index contributed by atoms with van der Waals surface area (Å²) >= 11 is 0. The molecule has 0 saturated heterocycles. The number of ether oxygens (including phenoxy) is 1. The van der Waals surface area contributed by atoms with E-state index >= 15 is 0 Å². The molecule has 4 N–H and O–H groups in total. The highest BCUT2D eigenvalue weighted by molar-refractivity contribution is 4.74. The molecule has 0 aliphatic carbocycles. The monoisotopic (exact) mass is 204 g/mol. The van der Waals surface area contributed by atoms with Crippen LogP contribution in [0.5, 0.6) is 0 Å². The average Bonchev–Trinajstić information content (AvgIpc) is 2.08. The fourth-order valence-corrected chi connectivity index (χ4v) is 1.20. The summed E-state index contributed by atoms with van der Waals surface area (Å²) in [6.07, 6.45) is 1.97. The fourth-order valence-electron chi connectivity index (χ4n) is 1.20. The van der Waals surface area contributed by atoms with Gasteiger partial charge in [-0.1, -0.05) is 0 Å². The summed E-state index contributed by atoms with van der Waals surface area (Å²) in [6.45, 7) is 5.51. The van der Waals surface area contributed by atoms with Crippen LogP contribution >= 0.6 is 0 Å². The first-order valence-corrected chi connectivity index (χ1v) is 5.14. The lowest BCUT2D eigenvalue weighted by molar-refractivity contribution is 0.0689. The molecule has 0 aromatic heterocycles. The highest BCUT2D eigenvalue weighted by atomic mass is 16.5. The molecule has 0 rings (SSSR count). The Morgan fingerprint density at radius 2 is 2.14 bits per heavy atom. The minimum Gasteiger partial charge on any atom is -0.389 e. The predicted molar refractivity (Wildman–Crippen MR) is 58.3 cm³/mol. The highest BCUT2D eigenvalue weighted by Crippen LogP contribution is 2.02. The lowest BCUT2D eigenvalue weighted by Crippen LogP contribution is -2.42. The van der Waals surface area contributed by atoms with Crippen LogP contribution in [0.1, 0.15) is 26.7 Å². The molecule has 0 aromatic carbocycles. The summed E-state index contributed by atoms with van der Waals surface area (Å²) in [6, 6.07) is 0.287. The summed E-state index contributed by atoms with van der Waals surface area (Å²) < 4.78 is 5.08. The van der Waals surface area contributed by atoms with Crippen molar-refractivity contribution in [1.29, 1.82) is 0 Å². The maximum atomic E-state index is 9.53. The van der Waals surface area contributed by atoms with E-state index in [9.17, 15) is 5.11 Å². The summed E-state index contributed by atoms with van der Waals surface area (Å²) in [7, 11) is 1.68. The molecule has 0 fully saturated rings. The number of nitrogens with one attached hydrogen (secondary N) is 1. The summed E-state index contributed by atoms with van der Waals surface area (Å²) in [5.74, 6) is 0. The van der Waals surface area contributed by atoms with Crippen LogP contribution in [-0.4, -0.2) is 43.6 Å². The van der Waals surface area contributed by atoms with Crippen LogP contribution in [-0.2, 0) is 4.74 Å². The van der Waals surface area contributed by atoms with Crippen LogP contribution in [0, 0.1) is 0 Å². The van der Waals surface area contributed by atoms with E-state index in [0.29, 0.717) is 19.7 Å². The van der Waals surface area contributed by atoms with E-state index in [-0.39, 0.29) is 6.04 Å². The van der Waals surface area contributed by atoms with Gasteiger partial charge in [-0.25, -0.2) is 0 Å². The molecular weight excluding hydrogens is 180 g/mol. The van der Waals surface area contributed by atoms with Crippen molar-refractivity contribution in [2.75, 3.05) is 26.8 Å². The Morgan fingerprint density at radius 3 is 2.57 bits per heavy atom. The van der Waals surface area contributed by atoms with E-state index in [0.717, 1.165) is 12.8 Å². The SMILES string of the molecule is COCC(CCCN)NCC(C)(C)O. The van der Waals surface area contributed by atoms with Gasteiger partial charge in [0, 0.05) is 19.7 Å². The van der Waals surface area contributed by atoms with E-state index in [4.69, 9.17) is 10.5 Å². The van der Waals surface area contributed by atoms with Gasteiger partial charge in [0.15, 0.2) is 0 Å². The number of methoxy groups -OCH3 is 1. The second-order valence-corrected chi connectivity index (χ2v) is 4.28. The van der Waals surface area contributed by atoms with Crippen LogP contribution in [0.25, 0.3) is 0 Å². The quantitative estimate of drug-likeness (QED) is 0.524. The molecule has 1 atom stereocenters. The van der Waals surface area contributed by atoms with Crippen molar-refractivity contribution >= 4 is 0 Å². The van der Waals surface area contributed by atoms with E-state index in [1.54, 1.807) is 21.0 Å². The molecule has 0 radical (unpaired) electrons. The van der Waals surface area contributed by atoms with Gasteiger partial charge >= 0.3 is 0 Å². The zero-order valence-electron chi connectivity index (χ0n) is 9.55. The highest BCUT2D eigenvalue weighted by Gasteiger charge is 2.15. The Kier molecular flexibility index (Phi) is 7.09. The van der Waals surface area contributed by atoms with Crippen LogP contribution in [0.4, 0.5) is 0 Å². The van der Waals surface area contributed by atoms with Crippen molar-refractivity contribution in [3.63, 3.8) is 0 Å².